The summed E-state index contributed by atoms with van der Waals surface area (Å²) in [6.45, 7) is 3.82. The number of hydrogen-bond donors (Lipinski definition) is 1. The first-order valence-electron chi connectivity index (χ1n) is 8.41. The van der Waals surface area contributed by atoms with Gasteiger partial charge in [-0.15, -0.1) is 0 Å². The second-order valence-corrected chi connectivity index (χ2v) is 7.12. The van der Waals surface area contributed by atoms with Crippen molar-refractivity contribution < 1.29 is 19.5 Å². The number of carbonyl (C=O) groups is 3. The van der Waals surface area contributed by atoms with Crippen LogP contribution in [0, 0.1) is 6.92 Å². The molecule has 1 aromatic carbocycles. The highest BCUT2D eigenvalue weighted by molar-refractivity contribution is 7.08. The Morgan fingerprint density at radius 3 is 2.12 bits per heavy atom. The number of aromatic carboxylic acids is 1. The van der Waals surface area contributed by atoms with Gasteiger partial charge >= 0.3 is 5.97 Å². The summed E-state index contributed by atoms with van der Waals surface area (Å²) in [6, 6.07) is 6.47. The first-order chi connectivity index (χ1) is 12.5. The van der Waals surface area contributed by atoms with E-state index in [0.717, 1.165) is 5.56 Å². The van der Waals surface area contributed by atoms with Gasteiger partial charge < -0.3 is 14.9 Å². The molecule has 1 aliphatic heterocycles. The quantitative estimate of drug-likeness (QED) is 0.899. The molecule has 7 heteroatoms. The standard InChI is InChI=1S/C19H20N2O4S/c1-13-9-15(11-16(10-13)19(24)25)18(23)21-5-2-4-20(6-7-21)17(22)14-3-8-26-12-14/h3,8-12H,2,4-7H2,1H3,(H,24,25). The molecule has 0 unspecified atom stereocenters. The normalized spacial score (nSPS) is 14.8. The van der Waals surface area contributed by atoms with E-state index < -0.39 is 5.97 Å². The molecule has 1 fully saturated rings. The smallest absolute Gasteiger partial charge is 0.335 e. The van der Waals surface area contributed by atoms with E-state index in [4.69, 9.17) is 0 Å². The number of hydrogen-bond acceptors (Lipinski definition) is 4. The molecule has 0 atom stereocenters. The van der Waals surface area contributed by atoms with Crippen molar-refractivity contribution in [1.29, 1.82) is 0 Å². The van der Waals surface area contributed by atoms with E-state index in [1.165, 1.54) is 17.4 Å². The van der Waals surface area contributed by atoms with E-state index in [-0.39, 0.29) is 17.4 Å². The van der Waals surface area contributed by atoms with Gasteiger partial charge in [0.1, 0.15) is 0 Å². The van der Waals surface area contributed by atoms with Gasteiger partial charge in [0.2, 0.25) is 0 Å². The lowest BCUT2D eigenvalue weighted by Gasteiger charge is -2.22. The van der Waals surface area contributed by atoms with Crippen LogP contribution in [0.15, 0.2) is 35.0 Å². The lowest BCUT2D eigenvalue weighted by Crippen LogP contribution is -2.37. The lowest BCUT2D eigenvalue weighted by atomic mass is 10.1. The largest absolute Gasteiger partial charge is 0.478 e. The van der Waals surface area contributed by atoms with Gasteiger partial charge in [-0.3, -0.25) is 9.59 Å². The molecule has 0 saturated carbocycles. The van der Waals surface area contributed by atoms with Gasteiger partial charge in [0, 0.05) is 37.1 Å². The Morgan fingerprint density at radius 2 is 1.54 bits per heavy atom. The number of nitrogens with zero attached hydrogens (tertiary/aromatic N) is 2. The summed E-state index contributed by atoms with van der Waals surface area (Å²) in [6.07, 6.45) is 0.694. The van der Waals surface area contributed by atoms with Gasteiger partial charge in [-0.2, -0.15) is 11.3 Å². The molecule has 1 N–H and O–H groups in total. The highest BCUT2D eigenvalue weighted by atomic mass is 32.1. The zero-order valence-corrected chi connectivity index (χ0v) is 15.3. The van der Waals surface area contributed by atoms with Crippen molar-refractivity contribution in [3.8, 4) is 0 Å². The van der Waals surface area contributed by atoms with Crippen LogP contribution in [-0.2, 0) is 0 Å². The average molecular weight is 372 g/mol. The molecule has 26 heavy (non-hydrogen) atoms. The Bertz CT molecular complexity index is 832. The fourth-order valence-corrected chi connectivity index (χ4v) is 3.73. The predicted octanol–water partition coefficient (Wildman–Crippen LogP) is 2.74. The van der Waals surface area contributed by atoms with Crippen LogP contribution in [0.1, 0.15) is 43.1 Å². The monoisotopic (exact) mass is 372 g/mol. The molecular formula is C19H20N2O4S. The van der Waals surface area contributed by atoms with E-state index in [2.05, 4.69) is 0 Å². The minimum absolute atomic E-state index is 0.00994. The third-order valence-corrected chi connectivity index (χ3v) is 5.09. The maximum absolute atomic E-state index is 12.8. The molecule has 0 radical (unpaired) electrons. The molecule has 1 aliphatic rings. The molecule has 1 saturated heterocycles. The van der Waals surface area contributed by atoms with Crippen LogP contribution in [0.5, 0.6) is 0 Å². The summed E-state index contributed by atoms with van der Waals surface area (Å²) < 4.78 is 0. The molecule has 3 rings (SSSR count). The van der Waals surface area contributed by atoms with Gasteiger partial charge in [0.15, 0.2) is 0 Å². The number of aryl methyl sites for hydroxylation is 1. The number of carboxylic acid groups (broad SMARTS) is 1. The molecule has 2 amide bonds. The van der Waals surface area contributed by atoms with Crippen LogP contribution < -0.4 is 0 Å². The second-order valence-electron chi connectivity index (χ2n) is 6.34. The molecule has 136 valence electrons. The van der Waals surface area contributed by atoms with Gasteiger partial charge in [0.25, 0.3) is 11.8 Å². The predicted molar refractivity (Wildman–Crippen MR) is 98.9 cm³/mol. The Kier molecular flexibility index (Phi) is 5.37. The molecule has 6 nitrogen and oxygen atoms in total. The Balaban J connectivity index is 1.72. The average Bonchev–Trinajstić information content (AvgIpc) is 3.04. The Hall–Kier alpha value is -2.67. The van der Waals surface area contributed by atoms with Crippen molar-refractivity contribution in [2.24, 2.45) is 0 Å². The first-order valence-corrected chi connectivity index (χ1v) is 9.36. The summed E-state index contributed by atoms with van der Waals surface area (Å²) >= 11 is 1.48. The van der Waals surface area contributed by atoms with E-state index >= 15 is 0 Å². The molecular weight excluding hydrogens is 352 g/mol. The SMILES string of the molecule is Cc1cc(C(=O)O)cc(C(=O)N2CCCN(C(=O)c3ccsc3)CC2)c1. The zero-order valence-electron chi connectivity index (χ0n) is 14.5. The highest BCUT2D eigenvalue weighted by Crippen LogP contribution is 2.16. The Morgan fingerprint density at radius 1 is 0.923 bits per heavy atom. The molecule has 0 spiro atoms. The maximum Gasteiger partial charge on any atom is 0.335 e. The van der Waals surface area contributed by atoms with Gasteiger partial charge in [0.05, 0.1) is 11.1 Å². The van der Waals surface area contributed by atoms with Crippen LogP contribution in [0.25, 0.3) is 0 Å². The molecule has 0 bridgehead atoms. The topological polar surface area (TPSA) is 77.9 Å². The molecule has 2 heterocycles. The van der Waals surface area contributed by atoms with Crippen LogP contribution in [-0.4, -0.2) is 58.9 Å². The number of rotatable bonds is 3. The van der Waals surface area contributed by atoms with Crippen molar-refractivity contribution >= 4 is 29.1 Å². The van der Waals surface area contributed by atoms with E-state index in [9.17, 15) is 19.5 Å². The third-order valence-electron chi connectivity index (χ3n) is 4.41. The summed E-state index contributed by atoms with van der Waals surface area (Å²) in [7, 11) is 0. The van der Waals surface area contributed by atoms with Gasteiger partial charge in [-0.1, -0.05) is 0 Å². The van der Waals surface area contributed by atoms with Crippen molar-refractivity contribution in [2.75, 3.05) is 26.2 Å². The first kappa shape index (κ1) is 18.1. The zero-order chi connectivity index (χ0) is 18.7. The van der Waals surface area contributed by atoms with Crippen LogP contribution in [0.3, 0.4) is 0 Å². The fourth-order valence-electron chi connectivity index (χ4n) is 3.10. The van der Waals surface area contributed by atoms with Crippen molar-refractivity contribution in [3.05, 3.63) is 57.3 Å². The number of carbonyl (C=O) groups excluding carboxylic acids is 2. The van der Waals surface area contributed by atoms with Crippen molar-refractivity contribution in [1.82, 2.24) is 9.80 Å². The minimum Gasteiger partial charge on any atom is -0.478 e. The van der Waals surface area contributed by atoms with Crippen molar-refractivity contribution in [2.45, 2.75) is 13.3 Å². The van der Waals surface area contributed by atoms with E-state index in [0.29, 0.717) is 43.7 Å². The molecule has 0 aliphatic carbocycles. The molecule has 1 aromatic heterocycles. The van der Waals surface area contributed by atoms with Crippen LogP contribution in [0.2, 0.25) is 0 Å². The fraction of sp³-hybridized carbons (Fsp3) is 0.316. The number of benzene rings is 1. The van der Waals surface area contributed by atoms with Crippen molar-refractivity contribution in [3.63, 3.8) is 0 Å². The number of amides is 2. The van der Waals surface area contributed by atoms with Crippen LogP contribution in [0.4, 0.5) is 0 Å². The summed E-state index contributed by atoms with van der Waals surface area (Å²) in [5, 5.41) is 12.9. The van der Waals surface area contributed by atoms with Gasteiger partial charge in [-0.05, 0) is 48.6 Å². The van der Waals surface area contributed by atoms with E-state index in [1.807, 2.05) is 10.8 Å². The highest BCUT2D eigenvalue weighted by Gasteiger charge is 2.24. The Labute approximate surface area is 155 Å². The van der Waals surface area contributed by atoms with Gasteiger partial charge in [-0.25, -0.2) is 4.79 Å². The second kappa shape index (κ2) is 7.70. The van der Waals surface area contributed by atoms with Crippen LogP contribution >= 0.6 is 11.3 Å². The summed E-state index contributed by atoms with van der Waals surface area (Å²) in [5.41, 5.74) is 1.90. The minimum atomic E-state index is -1.05. The number of thiophene rings is 1. The number of carboxylic acids is 1. The molecule has 2 aromatic rings. The lowest BCUT2D eigenvalue weighted by molar-refractivity contribution is 0.0694. The van der Waals surface area contributed by atoms with E-state index in [1.54, 1.807) is 34.9 Å². The third kappa shape index (κ3) is 3.94. The summed E-state index contributed by atoms with van der Waals surface area (Å²) in [5.74, 6) is -1.25. The maximum atomic E-state index is 12.8. The summed E-state index contributed by atoms with van der Waals surface area (Å²) in [4.78, 5) is 40.0.